The highest BCUT2D eigenvalue weighted by molar-refractivity contribution is 8.15. The Bertz CT molecular complexity index is 1090. The second-order valence-electron chi connectivity index (χ2n) is 8.16. The number of carbonyl (C=O) groups excluding carboxylic acids is 2. The summed E-state index contributed by atoms with van der Waals surface area (Å²) in [5.41, 5.74) is 2.27. The van der Waals surface area contributed by atoms with Crippen molar-refractivity contribution in [2.75, 3.05) is 12.4 Å². The summed E-state index contributed by atoms with van der Waals surface area (Å²) in [5, 5.41) is 2.91. The number of nitrogens with one attached hydrogen (secondary N) is 1. The van der Waals surface area contributed by atoms with E-state index in [0.717, 1.165) is 17.0 Å². The quantitative estimate of drug-likeness (QED) is 0.704. The van der Waals surface area contributed by atoms with Gasteiger partial charge in [0, 0.05) is 11.3 Å². The second kappa shape index (κ2) is 9.16. The first-order chi connectivity index (χ1) is 15.4. The molecular formula is C24H26N4O3S. The predicted molar refractivity (Wildman–Crippen MR) is 129 cm³/mol. The van der Waals surface area contributed by atoms with E-state index in [9.17, 15) is 9.59 Å². The number of para-hydroxylation sites is 1. The molecular weight excluding hydrogens is 424 g/mol. The maximum absolute atomic E-state index is 13.2. The van der Waals surface area contributed by atoms with Gasteiger partial charge in [-0.15, -0.1) is 0 Å². The summed E-state index contributed by atoms with van der Waals surface area (Å²) in [4.78, 5) is 37.1. The highest BCUT2D eigenvalue weighted by atomic mass is 32.2. The van der Waals surface area contributed by atoms with Crippen LogP contribution in [-0.2, 0) is 9.59 Å². The molecule has 2 amide bonds. The van der Waals surface area contributed by atoms with Crippen molar-refractivity contribution in [1.29, 1.82) is 0 Å². The Morgan fingerprint density at radius 3 is 2.56 bits per heavy atom. The van der Waals surface area contributed by atoms with E-state index in [1.807, 2.05) is 24.3 Å². The number of hydrogen-bond donors (Lipinski definition) is 1. The molecule has 0 saturated carbocycles. The highest BCUT2D eigenvalue weighted by Gasteiger charge is 2.42. The number of amides is 2. The number of anilines is 1. The van der Waals surface area contributed by atoms with Gasteiger partial charge in [-0.1, -0.05) is 37.7 Å². The van der Waals surface area contributed by atoms with E-state index in [0.29, 0.717) is 29.0 Å². The molecule has 4 rings (SSSR count). The number of thioether (sulfide) groups is 1. The summed E-state index contributed by atoms with van der Waals surface area (Å²) in [5.74, 6) is 1.42. The molecule has 0 aromatic heterocycles. The fraction of sp³-hybridized carbons (Fsp3) is 0.333. The van der Waals surface area contributed by atoms with Gasteiger partial charge in [-0.3, -0.25) is 14.6 Å². The van der Waals surface area contributed by atoms with Crippen LogP contribution in [0.2, 0.25) is 0 Å². The van der Waals surface area contributed by atoms with Gasteiger partial charge in [-0.05, 0) is 55.7 Å². The summed E-state index contributed by atoms with van der Waals surface area (Å²) in [6, 6.07) is 14.4. The maximum atomic E-state index is 13.2. The van der Waals surface area contributed by atoms with Crippen LogP contribution in [0, 0.1) is 5.92 Å². The van der Waals surface area contributed by atoms with Gasteiger partial charge in [0.1, 0.15) is 17.6 Å². The number of ether oxygens (including phenoxy) is 1. The third kappa shape index (κ3) is 4.41. The van der Waals surface area contributed by atoms with Gasteiger partial charge in [-0.2, -0.15) is 0 Å². The van der Waals surface area contributed by atoms with Crippen molar-refractivity contribution < 1.29 is 14.3 Å². The molecule has 0 fully saturated rings. The number of nitrogens with zero attached hydrogens (tertiary/aromatic N) is 3. The van der Waals surface area contributed by atoms with Crippen LogP contribution >= 0.6 is 11.8 Å². The Hall–Kier alpha value is -3.13. The Labute approximate surface area is 192 Å². The monoisotopic (exact) mass is 450 g/mol. The third-order valence-corrected chi connectivity index (χ3v) is 6.30. The number of benzene rings is 2. The van der Waals surface area contributed by atoms with Crippen molar-refractivity contribution in [3.05, 3.63) is 54.1 Å². The van der Waals surface area contributed by atoms with Crippen molar-refractivity contribution in [3.8, 4) is 5.75 Å². The molecule has 2 aromatic carbocycles. The number of amidine groups is 2. The Balaban J connectivity index is 1.55. The normalized spacial score (nSPS) is 18.0. The van der Waals surface area contributed by atoms with E-state index in [4.69, 9.17) is 14.7 Å². The molecule has 2 aliphatic heterocycles. The zero-order chi connectivity index (χ0) is 22.8. The second-order valence-corrected chi connectivity index (χ2v) is 9.47. The molecule has 0 aliphatic carbocycles. The Morgan fingerprint density at radius 2 is 1.88 bits per heavy atom. The molecule has 0 spiro atoms. The molecule has 2 aliphatic rings. The molecule has 0 radical (unpaired) electrons. The number of rotatable bonds is 6. The topological polar surface area (TPSA) is 83.4 Å². The van der Waals surface area contributed by atoms with Crippen LogP contribution in [0.1, 0.15) is 32.8 Å². The number of hydrogen-bond acceptors (Lipinski definition) is 6. The van der Waals surface area contributed by atoms with Gasteiger partial charge in [-0.25, -0.2) is 9.89 Å². The zero-order valence-corrected chi connectivity index (χ0v) is 19.3. The predicted octanol–water partition coefficient (Wildman–Crippen LogP) is 4.46. The van der Waals surface area contributed by atoms with Gasteiger partial charge in [0.2, 0.25) is 5.91 Å². The van der Waals surface area contributed by atoms with Crippen LogP contribution in [-0.4, -0.2) is 46.1 Å². The number of methoxy groups -OCH3 is 1. The van der Waals surface area contributed by atoms with Crippen LogP contribution < -0.4 is 10.1 Å². The Kier molecular flexibility index (Phi) is 6.32. The minimum absolute atomic E-state index is 0.0859. The highest BCUT2D eigenvalue weighted by Crippen LogP contribution is 2.35. The lowest BCUT2D eigenvalue weighted by molar-refractivity contribution is -0.125. The summed E-state index contributed by atoms with van der Waals surface area (Å²) >= 11 is 1.26. The number of carbonyl (C=O) groups is 2. The average molecular weight is 451 g/mol. The lowest BCUT2D eigenvalue weighted by Crippen LogP contribution is -2.42. The van der Waals surface area contributed by atoms with E-state index < -0.39 is 11.3 Å². The SMILES string of the molecule is COc1ccc(NC(=O)[C@@H](C)SC2=Nc3ccccc3C3=N[C@@H](CC(C)C)C(=O)N23)cc1. The number of aliphatic imine (C=N–C) groups is 2. The molecule has 0 saturated heterocycles. The Morgan fingerprint density at radius 1 is 1.16 bits per heavy atom. The van der Waals surface area contributed by atoms with E-state index >= 15 is 0 Å². The van der Waals surface area contributed by atoms with Gasteiger partial charge < -0.3 is 10.1 Å². The molecule has 2 atom stereocenters. The smallest absolute Gasteiger partial charge is 0.259 e. The van der Waals surface area contributed by atoms with Gasteiger partial charge >= 0.3 is 0 Å². The average Bonchev–Trinajstić information content (AvgIpc) is 3.10. The number of fused-ring (bicyclic) bond motifs is 3. The molecule has 2 heterocycles. The molecule has 1 N–H and O–H groups in total. The van der Waals surface area contributed by atoms with Crippen molar-refractivity contribution in [1.82, 2.24) is 4.90 Å². The van der Waals surface area contributed by atoms with Crippen LogP contribution in [0.25, 0.3) is 0 Å². The summed E-state index contributed by atoms with van der Waals surface area (Å²) in [6.07, 6.45) is 0.673. The summed E-state index contributed by atoms with van der Waals surface area (Å²) < 4.78 is 5.15. The lowest BCUT2D eigenvalue weighted by atomic mass is 10.0. The lowest BCUT2D eigenvalue weighted by Gasteiger charge is -2.27. The molecule has 8 heteroatoms. The van der Waals surface area contributed by atoms with Crippen molar-refractivity contribution in [2.24, 2.45) is 15.9 Å². The molecule has 7 nitrogen and oxygen atoms in total. The largest absolute Gasteiger partial charge is 0.497 e. The van der Waals surface area contributed by atoms with Crippen LogP contribution in [0.4, 0.5) is 11.4 Å². The zero-order valence-electron chi connectivity index (χ0n) is 18.5. The van der Waals surface area contributed by atoms with Gasteiger partial charge in [0.25, 0.3) is 5.91 Å². The van der Waals surface area contributed by atoms with Crippen molar-refractivity contribution >= 4 is 46.0 Å². The van der Waals surface area contributed by atoms with Crippen LogP contribution in [0.3, 0.4) is 0 Å². The minimum Gasteiger partial charge on any atom is -0.497 e. The van der Waals surface area contributed by atoms with Crippen molar-refractivity contribution in [3.63, 3.8) is 0 Å². The molecule has 32 heavy (non-hydrogen) atoms. The molecule has 0 bridgehead atoms. The third-order valence-electron chi connectivity index (χ3n) is 5.25. The molecule has 0 unspecified atom stereocenters. The molecule has 2 aromatic rings. The van der Waals surface area contributed by atoms with E-state index in [-0.39, 0.29) is 11.8 Å². The first kappa shape index (κ1) is 22.1. The standard InChI is InChI=1S/C24H26N4O3S/c1-14(2)13-20-23(30)28-21(26-20)18-7-5-6-8-19(18)27-24(28)32-15(3)22(29)25-16-9-11-17(31-4)12-10-16/h5-12,14-15,20H,13H2,1-4H3,(H,25,29)/t15-,20+/m1/s1. The molecule has 166 valence electrons. The summed E-state index contributed by atoms with van der Waals surface area (Å²) in [6.45, 7) is 5.96. The minimum atomic E-state index is -0.473. The first-order valence-corrected chi connectivity index (χ1v) is 11.5. The van der Waals surface area contributed by atoms with E-state index in [1.54, 1.807) is 43.2 Å². The van der Waals surface area contributed by atoms with E-state index in [2.05, 4.69) is 19.2 Å². The van der Waals surface area contributed by atoms with Gasteiger partial charge in [0.15, 0.2) is 5.17 Å². The van der Waals surface area contributed by atoms with E-state index in [1.165, 1.54) is 11.8 Å². The van der Waals surface area contributed by atoms with Crippen LogP contribution in [0.15, 0.2) is 58.5 Å². The fourth-order valence-electron chi connectivity index (χ4n) is 3.61. The van der Waals surface area contributed by atoms with Crippen molar-refractivity contribution in [2.45, 2.75) is 38.5 Å². The fourth-order valence-corrected chi connectivity index (χ4v) is 4.53. The first-order valence-electron chi connectivity index (χ1n) is 10.6. The van der Waals surface area contributed by atoms with Gasteiger partial charge in [0.05, 0.1) is 18.0 Å². The van der Waals surface area contributed by atoms with Crippen LogP contribution in [0.5, 0.6) is 5.75 Å². The summed E-state index contributed by atoms with van der Waals surface area (Å²) in [7, 11) is 1.60. The maximum Gasteiger partial charge on any atom is 0.259 e.